The Labute approximate surface area is 155 Å². The van der Waals surface area contributed by atoms with Crippen molar-refractivity contribution in [1.82, 2.24) is 0 Å². The first-order chi connectivity index (χ1) is 12.0. The average molecular weight is 358 g/mol. The summed E-state index contributed by atoms with van der Waals surface area (Å²) < 4.78 is 0. The molecule has 0 aliphatic heterocycles. The van der Waals surface area contributed by atoms with Gasteiger partial charge in [-0.3, -0.25) is 9.59 Å². The highest BCUT2D eigenvalue weighted by Crippen LogP contribution is 2.67. The second-order valence-electron chi connectivity index (χ2n) is 9.70. The van der Waals surface area contributed by atoms with E-state index in [2.05, 4.69) is 13.8 Å². The van der Waals surface area contributed by atoms with Crippen LogP contribution < -0.4 is 0 Å². The fourth-order valence-electron chi connectivity index (χ4n) is 7.33. The summed E-state index contributed by atoms with van der Waals surface area (Å²) in [5.74, 6) is 0.609. The summed E-state index contributed by atoms with van der Waals surface area (Å²) in [6.07, 6.45) is 7.46. The van der Waals surface area contributed by atoms with E-state index in [-0.39, 0.29) is 40.7 Å². The Morgan fingerprint density at radius 1 is 1.31 bits per heavy atom. The predicted octanol–water partition coefficient (Wildman–Crippen LogP) is 2.83. The number of fused-ring (bicyclic) bond motifs is 5. The molecule has 0 saturated heterocycles. The molecule has 0 bridgehead atoms. The Bertz CT molecular complexity index is 736. The SMILES string of the molecule is CC(=O)[C@@]1(O)CCC2C3C[C@H](C)C4=CC(=O)C=CC4(C)[C@H]3C(O)CC21C. The number of aliphatic hydroxyl groups excluding tert-OH is 1. The minimum atomic E-state index is -1.33. The van der Waals surface area contributed by atoms with Gasteiger partial charge in [0, 0.05) is 16.7 Å². The molecule has 5 unspecified atom stereocenters. The molecule has 2 N–H and O–H groups in total. The zero-order valence-corrected chi connectivity index (χ0v) is 16.2. The Hall–Kier alpha value is -1.26. The molecule has 26 heavy (non-hydrogen) atoms. The van der Waals surface area contributed by atoms with Crippen molar-refractivity contribution >= 4 is 11.6 Å². The van der Waals surface area contributed by atoms with E-state index in [4.69, 9.17) is 0 Å². The summed E-state index contributed by atoms with van der Waals surface area (Å²) in [6, 6.07) is 0. The third-order valence-electron chi connectivity index (χ3n) is 8.55. The van der Waals surface area contributed by atoms with Crippen molar-refractivity contribution in [3.8, 4) is 0 Å². The van der Waals surface area contributed by atoms with Crippen LogP contribution in [0.3, 0.4) is 0 Å². The third-order valence-corrected chi connectivity index (χ3v) is 8.55. The zero-order valence-electron chi connectivity index (χ0n) is 16.2. The van der Waals surface area contributed by atoms with Gasteiger partial charge in [0.1, 0.15) is 5.60 Å². The number of aliphatic hydroxyl groups is 2. The maximum Gasteiger partial charge on any atom is 0.178 e. The highest BCUT2D eigenvalue weighted by atomic mass is 16.3. The minimum Gasteiger partial charge on any atom is -0.393 e. The molecule has 4 nitrogen and oxygen atoms in total. The van der Waals surface area contributed by atoms with Crippen LogP contribution in [0.15, 0.2) is 23.8 Å². The molecule has 0 aromatic heterocycles. The molecule has 0 amide bonds. The van der Waals surface area contributed by atoms with Crippen LogP contribution >= 0.6 is 0 Å². The molecule has 3 saturated carbocycles. The van der Waals surface area contributed by atoms with E-state index < -0.39 is 17.1 Å². The second kappa shape index (κ2) is 5.39. The quantitative estimate of drug-likeness (QED) is 0.756. The van der Waals surface area contributed by atoms with Crippen molar-refractivity contribution in [2.75, 3.05) is 0 Å². The maximum atomic E-state index is 12.3. The molecule has 4 rings (SSSR count). The Morgan fingerprint density at radius 3 is 2.65 bits per heavy atom. The van der Waals surface area contributed by atoms with Crippen LogP contribution in [0.2, 0.25) is 0 Å². The molecule has 142 valence electrons. The van der Waals surface area contributed by atoms with E-state index in [9.17, 15) is 19.8 Å². The van der Waals surface area contributed by atoms with Crippen LogP contribution in [-0.2, 0) is 9.59 Å². The smallest absolute Gasteiger partial charge is 0.178 e. The molecule has 8 atom stereocenters. The lowest BCUT2D eigenvalue weighted by atomic mass is 9.45. The summed E-state index contributed by atoms with van der Waals surface area (Å²) in [5, 5.41) is 22.4. The van der Waals surface area contributed by atoms with Gasteiger partial charge in [-0.1, -0.05) is 32.4 Å². The van der Waals surface area contributed by atoms with E-state index >= 15 is 0 Å². The van der Waals surface area contributed by atoms with E-state index in [1.54, 1.807) is 12.2 Å². The van der Waals surface area contributed by atoms with Crippen molar-refractivity contribution in [2.24, 2.45) is 34.5 Å². The number of carbonyl (C=O) groups excluding carboxylic acids is 2. The van der Waals surface area contributed by atoms with Crippen molar-refractivity contribution in [3.63, 3.8) is 0 Å². The maximum absolute atomic E-state index is 12.3. The Balaban J connectivity index is 1.80. The van der Waals surface area contributed by atoms with Crippen LogP contribution in [0.5, 0.6) is 0 Å². The molecule has 0 heterocycles. The largest absolute Gasteiger partial charge is 0.393 e. The number of hydrogen-bond donors (Lipinski definition) is 2. The molecule has 3 fully saturated rings. The van der Waals surface area contributed by atoms with Gasteiger partial charge in [-0.2, -0.15) is 0 Å². The topological polar surface area (TPSA) is 74.6 Å². The molecule has 4 heteroatoms. The fourth-order valence-corrected chi connectivity index (χ4v) is 7.33. The zero-order chi connectivity index (χ0) is 19.1. The van der Waals surface area contributed by atoms with Crippen LogP contribution in [0, 0.1) is 34.5 Å². The van der Waals surface area contributed by atoms with Gasteiger partial charge in [-0.15, -0.1) is 0 Å². The summed E-state index contributed by atoms with van der Waals surface area (Å²) in [5.41, 5.74) is -1.10. The lowest BCUT2D eigenvalue weighted by Crippen LogP contribution is -2.61. The van der Waals surface area contributed by atoms with E-state index in [0.717, 1.165) is 18.4 Å². The van der Waals surface area contributed by atoms with Crippen molar-refractivity contribution < 1.29 is 19.8 Å². The summed E-state index contributed by atoms with van der Waals surface area (Å²) in [7, 11) is 0. The Kier molecular flexibility index (Phi) is 3.75. The molecule has 0 radical (unpaired) electrons. The number of carbonyl (C=O) groups is 2. The number of rotatable bonds is 1. The lowest BCUT2D eigenvalue weighted by Gasteiger charge is -2.60. The standard InChI is InChI=1S/C22H30O4/c1-12-9-15-16-6-8-22(26,13(2)23)21(16,4)11-18(25)19(15)20(3)7-5-14(24)10-17(12)20/h5,7,10,12,15-16,18-19,25-26H,6,8-9,11H2,1-4H3/t12-,15?,16?,18?,19+,20?,21?,22-/m0/s1. The van der Waals surface area contributed by atoms with Gasteiger partial charge in [0.15, 0.2) is 11.6 Å². The molecular formula is C22H30O4. The van der Waals surface area contributed by atoms with E-state index in [0.29, 0.717) is 12.8 Å². The monoisotopic (exact) mass is 358 g/mol. The number of allylic oxidation sites excluding steroid dienone is 4. The fraction of sp³-hybridized carbons (Fsp3) is 0.727. The van der Waals surface area contributed by atoms with Crippen LogP contribution in [-0.4, -0.2) is 33.5 Å². The summed E-state index contributed by atoms with van der Waals surface area (Å²) in [4.78, 5) is 24.2. The minimum absolute atomic E-state index is 0.0293. The molecule has 0 aromatic carbocycles. The molecule has 0 spiro atoms. The first kappa shape index (κ1) is 18.1. The van der Waals surface area contributed by atoms with Gasteiger partial charge in [0.05, 0.1) is 6.10 Å². The average Bonchev–Trinajstić information content (AvgIpc) is 2.81. The van der Waals surface area contributed by atoms with E-state index in [1.165, 1.54) is 6.92 Å². The van der Waals surface area contributed by atoms with Gasteiger partial charge in [-0.25, -0.2) is 0 Å². The van der Waals surface area contributed by atoms with Crippen LogP contribution in [0.1, 0.15) is 53.4 Å². The molecule has 4 aliphatic rings. The van der Waals surface area contributed by atoms with Crippen LogP contribution in [0.4, 0.5) is 0 Å². The summed E-state index contributed by atoms with van der Waals surface area (Å²) >= 11 is 0. The third kappa shape index (κ3) is 2.03. The van der Waals surface area contributed by atoms with Crippen molar-refractivity contribution in [1.29, 1.82) is 0 Å². The highest BCUT2D eigenvalue weighted by molar-refractivity contribution is 6.01. The number of hydrogen-bond acceptors (Lipinski definition) is 4. The van der Waals surface area contributed by atoms with Gasteiger partial charge >= 0.3 is 0 Å². The first-order valence-corrected chi connectivity index (χ1v) is 9.91. The molecule has 4 aliphatic carbocycles. The van der Waals surface area contributed by atoms with Gasteiger partial charge in [0.25, 0.3) is 0 Å². The van der Waals surface area contributed by atoms with Gasteiger partial charge in [-0.05, 0) is 62.5 Å². The van der Waals surface area contributed by atoms with Crippen LogP contribution in [0.25, 0.3) is 0 Å². The van der Waals surface area contributed by atoms with Gasteiger partial charge in [0.2, 0.25) is 0 Å². The first-order valence-electron chi connectivity index (χ1n) is 9.91. The second-order valence-corrected chi connectivity index (χ2v) is 9.70. The molecular weight excluding hydrogens is 328 g/mol. The Morgan fingerprint density at radius 2 is 2.00 bits per heavy atom. The highest BCUT2D eigenvalue weighted by Gasteiger charge is 2.68. The number of Topliss-reactive ketones (excluding diaryl/α,β-unsaturated/α-hetero) is 1. The van der Waals surface area contributed by atoms with E-state index in [1.807, 2.05) is 13.0 Å². The molecule has 0 aromatic rings. The van der Waals surface area contributed by atoms with Crippen molar-refractivity contribution in [2.45, 2.75) is 65.1 Å². The normalized spacial score (nSPS) is 52.8. The van der Waals surface area contributed by atoms with Gasteiger partial charge < -0.3 is 10.2 Å². The summed E-state index contributed by atoms with van der Waals surface area (Å²) in [6.45, 7) is 7.79. The number of ketones is 2. The predicted molar refractivity (Wildman–Crippen MR) is 98.2 cm³/mol. The van der Waals surface area contributed by atoms with Crippen molar-refractivity contribution in [3.05, 3.63) is 23.8 Å². The lowest BCUT2D eigenvalue weighted by molar-refractivity contribution is -0.176.